The standard InChI is InChI=1S/C19H36O5Si/c1-10-12-20-19(7)14(11-13-21-25(8,9)17(2,3)4)22-16-15(19)23-18(5,6)24-16/h10,14-16H,1,11-13H2,2-9H3/t14-,15+,16-,19-/m1/s1. The Bertz CT molecular complexity index is 485. The quantitative estimate of drug-likeness (QED) is 0.494. The first-order chi connectivity index (χ1) is 11.3. The van der Waals surface area contributed by atoms with Crippen LogP contribution in [0.3, 0.4) is 0 Å². The molecule has 0 spiro atoms. The van der Waals surface area contributed by atoms with Gasteiger partial charge in [-0.3, -0.25) is 0 Å². The van der Waals surface area contributed by atoms with E-state index in [9.17, 15) is 0 Å². The summed E-state index contributed by atoms with van der Waals surface area (Å²) in [4.78, 5) is 0. The SMILES string of the molecule is C=CCO[C@]1(C)[C@@H](CCO[Si](C)(C)C(C)(C)C)O[C@@H]2OC(C)(C)O[C@@H]21. The fraction of sp³-hybridized carbons (Fsp3) is 0.895. The van der Waals surface area contributed by atoms with E-state index in [-0.39, 0.29) is 17.2 Å². The molecule has 2 heterocycles. The molecule has 0 aromatic heterocycles. The fourth-order valence-electron chi connectivity index (χ4n) is 3.10. The van der Waals surface area contributed by atoms with Crippen LogP contribution in [0.15, 0.2) is 12.7 Å². The molecule has 0 N–H and O–H groups in total. The third kappa shape index (κ3) is 4.37. The van der Waals surface area contributed by atoms with Crippen LogP contribution in [0.25, 0.3) is 0 Å². The minimum absolute atomic E-state index is 0.136. The Hall–Kier alpha value is -0.243. The maximum atomic E-state index is 6.32. The summed E-state index contributed by atoms with van der Waals surface area (Å²) in [5.41, 5.74) is -0.580. The fourth-order valence-corrected chi connectivity index (χ4v) is 4.16. The Morgan fingerprint density at radius 2 is 1.80 bits per heavy atom. The highest BCUT2D eigenvalue weighted by Crippen LogP contribution is 2.46. The van der Waals surface area contributed by atoms with E-state index in [4.69, 9.17) is 23.4 Å². The largest absolute Gasteiger partial charge is 0.417 e. The molecule has 0 bridgehead atoms. The molecule has 5 nitrogen and oxygen atoms in total. The second-order valence-corrected chi connectivity index (χ2v) is 14.0. The van der Waals surface area contributed by atoms with Crippen LogP contribution < -0.4 is 0 Å². The molecule has 2 aliphatic heterocycles. The molecule has 25 heavy (non-hydrogen) atoms. The van der Waals surface area contributed by atoms with Gasteiger partial charge in [-0.2, -0.15) is 0 Å². The summed E-state index contributed by atoms with van der Waals surface area (Å²) in [6.07, 6.45) is 1.72. The van der Waals surface area contributed by atoms with Gasteiger partial charge in [0.05, 0.1) is 12.7 Å². The highest BCUT2D eigenvalue weighted by atomic mass is 28.4. The second kappa shape index (κ2) is 7.06. The number of ether oxygens (including phenoxy) is 4. The lowest BCUT2D eigenvalue weighted by Gasteiger charge is -2.38. The number of fused-ring (bicyclic) bond motifs is 1. The highest BCUT2D eigenvalue weighted by Gasteiger charge is 2.62. The molecular formula is C19H36O5Si. The van der Waals surface area contributed by atoms with Gasteiger partial charge in [0.1, 0.15) is 11.7 Å². The second-order valence-electron chi connectivity index (χ2n) is 9.23. The van der Waals surface area contributed by atoms with E-state index in [0.29, 0.717) is 13.2 Å². The zero-order valence-corrected chi connectivity index (χ0v) is 18.2. The molecular weight excluding hydrogens is 336 g/mol. The number of hydrogen-bond acceptors (Lipinski definition) is 5. The third-order valence-electron chi connectivity index (χ3n) is 5.72. The van der Waals surface area contributed by atoms with E-state index in [1.807, 2.05) is 20.8 Å². The van der Waals surface area contributed by atoms with Crippen LogP contribution in [0.2, 0.25) is 18.1 Å². The molecule has 0 saturated carbocycles. The molecule has 146 valence electrons. The van der Waals surface area contributed by atoms with Gasteiger partial charge in [0.2, 0.25) is 0 Å². The van der Waals surface area contributed by atoms with E-state index in [1.165, 1.54) is 0 Å². The summed E-state index contributed by atoms with van der Waals surface area (Å²) < 4.78 is 30.6. The first kappa shape index (κ1) is 21.1. The van der Waals surface area contributed by atoms with Crippen LogP contribution in [0, 0.1) is 0 Å². The van der Waals surface area contributed by atoms with Crippen molar-refractivity contribution < 1.29 is 23.4 Å². The zero-order chi connectivity index (χ0) is 19.1. The van der Waals surface area contributed by atoms with Crippen molar-refractivity contribution in [3.63, 3.8) is 0 Å². The molecule has 0 aliphatic carbocycles. The van der Waals surface area contributed by atoms with Gasteiger partial charge in [-0.15, -0.1) is 6.58 Å². The van der Waals surface area contributed by atoms with Gasteiger partial charge in [0, 0.05) is 6.61 Å². The van der Waals surface area contributed by atoms with Gasteiger partial charge in [-0.05, 0) is 45.3 Å². The summed E-state index contributed by atoms with van der Waals surface area (Å²) in [6, 6.07) is 0. The van der Waals surface area contributed by atoms with Crippen molar-refractivity contribution in [2.75, 3.05) is 13.2 Å². The normalized spacial score (nSPS) is 35.0. The molecule has 2 rings (SSSR count). The summed E-state index contributed by atoms with van der Waals surface area (Å²) in [7, 11) is -1.77. The average Bonchev–Trinajstić information content (AvgIpc) is 2.88. The van der Waals surface area contributed by atoms with Crippen LogP contribution in [0.4, 0.5) is 0 Å². The smallest absolute Gasteiger partial charge is 0.191 e. The van der Waals surface area contributed by atoms with Gasteiger partial charge < -0.3 is 23.4 Å². The topological polar surface area (TPSA) is 46.2 Å². The van der Waals surface area contributed by atoms with Crippen LogP contribution in [0.5, 0.6) is 0 Å². The van der Waals surface area contributed by atoms with Crippen molar-refractivity contribution in [1.29, 1.82) is 0 Å². The predicted octanol–water partition coefficient (Wildman–Crippen LogP) is 4.24. The van der Waals surface area contributed by atoms with Crippen molar-refractivity contribution in [2.24, 2.45) is 0 Å². The molecule has 0 radical (unpaired) electrons. The van der Waals surface area contributed by atoms with Gasteiger partial charge >= 0.3 is 0 Å². The zero-order valence-electron chi connectivity index (χ0n) is 17.2. The molecule has 0 aromatic rings. The van der Waals surface area contributed by atoms with Crippen LogP contribution in [0.1, 0.15) is 48.0 Å². The van der Waals surface area contributed by atoms with Crippen molar-refractivity contribution in [1.82, 2.24) is 0 Å². The lowest BCUT2D eigenvalue weighted by Crippen LogP contribution is -2.49. The Balaban J connectivity index is 2.03. The minimum atomic E-state index is -1.77. The summed E-state index contributed by atoms with van der Waals surface area (Å²) in [5, 5.41) is 0.193. The molecule has 2 saturated heterocycles. The summed E-state index contributed by atoms with van der Waals surface area (Å²) >= 11 is 0. The predicted molar refractivity (Wildman–Crippen MR) is 101 cm³/mol. The first-order valence-electron chi connectivity index (χ1n) is 9.22. The lowest BCUT2D eigenvalue weighted by molar-refractivity contribution is -0.233. The Morgan fingerprint density at radius 1 is 1.16 bits per heavy atom. The maximum absolute atomic E-state index is 6.32. The molecule has 4 atom stereocenters. The highest BCUT2D eigenvalue weighted by molar-refractivity contribution is 6.74. The molecule has 2 fully saturated rings. The van der Waals surface area contributed by atoms with Crippen molar-refractivity contribution in [2.45, 2.75) is 96.0 Å². The molecule has 0 amide bonds. The lowest BCUT2D eigenvalue weighted by atomic mass is 9.92. The molecule has 0 aromatic carbocycles. The van der Waals surface area contributed by atoms with Gasteiger partial charge in [0.15, 0.2) is 20.4 Å². The monoisotopic (exact) mass is 372 g/mol. The maximum Gasteiger partial charge on any atom is 0.191 e. The first-order valence-corrected chi connectivity index (χ1v) is 12.1. The van der Waals surface area contributed by atoms with Gasteiger partial charge in [0.25, 0.3) is 0 Å². The van der Waals surface area contributed by atoms with E-state index in [0.717, 1.165) is 6.42 Å². The van der Waals surface area contributed by atoms with Crippen LogP contribution in [-0.4, -0.2) is 51.4 Å². The van der Waals surface area contributed by atoms with E-state index >= 15 is 0 Å². The van der Waals surface area contributed by atoms with E-state index in [1.54, 1.807) is 6.08 Å². The average molecular weight is 373 g/mol. The molecule has 0 unspecified atom stereocenters. The van der Waals surface area contributed by atoms with Gasteiger partial charge in [-0.25, -0.2) is 0 Å². The summed E-state index contributed by atoms with van der Waals surface area (Å²) in [6.45, 7) is 22.0. The van der Waals surface area contributed by atoms with Crippen molar-refractivity contribution in [3.05, 3.63) is 12.7 Å². The Labute approximate surface area is 154 Å². The minimum Gasteiger partial charge on any atom is -0.417 e. The Kier molecular flexibility index (Phi) is 5.94. The number of hydrogen-bond donors (Lipinski definition) is 0. The Morgan fingerprint density at radius 3 is 2.36 bits per heavy atom. The van der Waals surface area contributed by atoms with E-state index in [2.05, 4.69) is 40.4 Å². The van der Waals surface area contributed by atoms with Crippen molar-refractivity contribution >= 4 is 8.32 Å². The molecule has 6 heteroatoms. The van der Waals surface area contributed by atoms with Crippen LogP contribution >= 0.6 is 0 Å². The van der Waals surface area contributed by atoms with E-state index < -0.39 is 26.0 Å². The van der Waals surface area contributed by atoms with Crippen molar-refractivity contribution in [3.8, 4) is 0 Å². The third-order valence-corrected chi connectivity index (χ3v) is 10.3. The van der Waals surface area contributed by atoms with Gasteiger partial charge in [-0.1, -0.05) is 26.8 Å². The number of rotatable bonds is 7. The van der Waals surface area contributed by atoms with Crippen LogP contribution in [-0.2, 0) is 23.4 Å². The molecule has 2 aliphatic rings. The summed E-state index contributed by atoms with van der Waals surface area (Å²) in [5.74, 6) is -0.656.